The Balaban J connectivity index is 2.75. The van der Waals surface area contributed by atoms with E-state index in [-0.39, 0.29) is 12.8 Å². The number of halogens is 1. The predicted molar refractivity (Wildman–Crippen MR) is 116 cm³/mol. The summed E-state index contributed by atoms with van der Waals surface area (Å²) in [6.45, 7) is 0. The predicted octanol–water partition coefficient (Wildman–Crippen LogP) is 1.26. The molecule has 3 atom stereocenters. The molecule has 0 aliphatic heterocycles. The number of carboxylic acid groups (broad SMARTS) is 1. The second-order valence-electron chi connectivity index (χ2n) is 6.46. The number of carboxylic acids is 1. The molecule has 1 aromatic carbocycles. The maximum atomic E-state index is 13.3. The third-order valence-electron chi connectivity index (χ3n) is 4.15. The van der Waals surface area contributed by atoms with Crippen LogP contribution in [-0.2, 0) is 20.8 Å². The fourth-order valence-corrected chi connectivity index (χ4v) is 3.50. The summed E-state index contributed by atoms with van der Waals surface area (Å²) in [4.78, 5) is 36.4. The third-order valence-corrected chi connectivity index (χ3v) is 5.44. The quantitative estimate of drug-likeness (QED) is 0.361. The van der Waals surface area contributed by atoms with Crippen molar-refractivity contribution in [3.05, 3.63) is 35.6 Å². The summed E-state index contributed by atoms with van der Waals surface area (Å²) >= 11 is 2.98. The fraction of sp³-hybridized carbons (Fsp3) is 0.526. The van der Waals surface area contributed by atoms with Crippen LogP contribution in [0.25, 0.3) is 0 Å². The van der Waals surface area contributed by atoms with E-state index in [0.29, 0.717) is 23.5 Å². The number of aliphatic carboxylic acids is 1. The summed E-state index contributed by atoms with van der Waals surface area (Å²) in [7, 11) is 0. The van der Waals surface area contributed by atoms with Crippen molar-refractivity contribution in [2.45, 2.75) is 37.4 Å². The number of hydrogen-bond donors (Lipinski definition) is 4. The molecule has 0 radical (unpaired) electrons. The van der Waals surface area contributed by atoms with Gasteiger partial charge >= 0.3 is 5.97 Å². The maximum Gasteiger partial charge on any atom is 0.326 e. The molecule has 0 unspecified atom stereocenters. The summed E-state index contributed by atoms with van der Waals surface area (Å²) in [6, 6.07) is 2.91. The first kappa shape index (κ1) is 25.3. The molecule has 0 heterocycles. The van der Waals surface area contributed by atoms with Gasteiger partial charge in [-0.3, -0.25) is 9.59 Å². The highest BCUT2D eigenvalue weighted by atomic mass is 32.2. The lowest BCUT2D eigenvalue weighted by molar-refractivity contribution is -0.142. The van der Waals surface area contributed by atoms with E-state index in [4.69, 9.17) is 5.73 Å². The van der Waals surface area contributed by atoms with Gasteiger partial charge in [0.15, 0.2) is 0 Å². The van der Waals surface area contributed by atoms with Gasteiger partial charge in [0.25, 0.3) is 0 Å². The molecule has 0 aromatic heterocycles. The molecule has 0 spiro atoms. The Morgan fingerprint density at radius 1 is 1.07 bits per heavy atom. The number of amides is 2. The topological polar surface area (TPSA) is 122 Å². The van der Waals surface area contributed by atoms with Crippen LogP contribution in [0.4, 0.5) is 4.39 Å². The van der Waals surface area contributed by atoms with Crippen LogP contribution in [0.2, 0.25) is 0 Å². The lowest BCUT2D eigenvalue weighted by atomic mass is 10.0. The minimum absolute atomic E-state index is 0.117. The number of thioether (sulfide) groups is 2. The molecule has 0 aliphatic carbocycles. The Hall–Kier alpha value is -1.78. The largest absolute Gasteiger partial charge is 0.480 e. The Labute approximate surface area is 178 Å². The smallest absolute Gasteiger partial charge is 0.326 e. The SMILES string of the molecule is CSCC[C@H](NC(=O)[C@H](CCSC)NC(=O)[C@H](N)Cc1cccc(F)c1)C(=O)O. The number of nitrogens with one attached hydrogen (secondary N) is 2. The zero-order chi connectivity index (χ0) is 21.8. The van der Waals surface area contributed by atoms with Crippen molar-refractivity contribution in [2.24, 2.45) is 5.73 Å². The van der Waals surface area contributed by atoms with Crippen LogP contribution in [0.5, 0.6) is 0 Å². The number of hydrogen-bond acceptors (Lipinski definition) is 6. The van der Waals surface area contributed by atoms with Crippen molar-refractivity contribution in [1.29, 1.82) is 0 Å². The lowest BCUT2D eigenvalue weighted by Crippen LogP contribution is -2.55. The van der Waals surface area contributed by atoms with Gasteiger partial charge in [-0.1, -0.05) is 12.1 Å². The van der Waals surface area contributed by atoms with E-state index in [9.17, 15) is 23.9 Å². The van der Waals surface area contributed by atoms with Gasteiger partial charge in [0.2, 0.25) is 11.8 Å². The van der Waals surface area contributed by atoms with Gasteiger partial charge in [-0.25, -0.2) is 9.18 Å². The molecule has 2 amide bonds. The molecular weight excluding hydrogens is 417 g/mol. The highest BCUT2D eigenvalue weighted by Gasteiger charge is 2.27. The summed E-state index contributed by atoms with van der Waals surface area (Å²) in [5.41, 5.74) is 6.49. The van der Waals surface area contributed by atoms with Gasteiger partial charge in [-0.05, 0) is 61.0 Å². The van der Waals surface area contributed by atoms with Crippen molar-refractivity contribution in [2.75, 3.05) is 24.0 Å². The van der Waals surface area contributed by atoms with E-state index < -0.39 is 41.7 Å². The monoisotopic (exact) mass is 445 g/mol. The third kappa shape index (κ3) is 9.51. The van der Waals surface area contributed by atoms with Crippen LogP contribution in [0.15, 0.2) is 24.3 Å². The number of carbonyl (C=O) groups excluding carboxylic acids is 2. The molecular formula is C19H28FN3O4S2. The molecule has 10 heteroatoms. The molecule has 5 N–H and O–H groups in total. The molecule has 0 aliphatic rings. The summed E-state index contributed by atoms with van der Waals surface area (Å²) in [5.74, 6) is -1.47. The van der Waals surface area contributed by atoms with E-state index in [1.807, 2.05) is 12.5 Å². The maximum absolute atomic E-state index is 13.3. The Morgan fingerprint density at radius 2 is 1.66 bits per heavy atom. The van der Waals surface area contributed by atoms with Gasteiger partial charge in [0.05, 0.1) is 6.04 Å². The van der Waals surface area contributed by atoms with Gasteiger partial charge < -0.3 is 21.5 Å². The number of benzene rings is 1. The first-order valence-corrected chi connectivity index (χ1v) is 11.9. The summed E-state index contributed by atoms with van der Waals surface area (Å²) < 4.78 is 13.3. The first-order valence-electron chi connectivity index (χ1n) is 9.10. The summed E-state index contributed by atoms with van der Waals surface area (Å²) in [5, 5.41) is 14.4. The Kier molecular flexibility index (Phi) is 11.7. The average Bonchev–Trinajstić information content (AvgIpc) is 2.67. The normalized spacial score (nSPS) is 13.9. The van der Waals surface area contributed by atoms with Gasteiger partial charge in [0.1, 0.15) is 17.9 Å². The van der Waals surface area contributed by atoms with Crippen LogP contribution in [0, 0.1) is 5.82 Å². The first-order chi connectivity index (χ1) is 13.8. The van der Waals surface area contributed by atoms with Crippen molar-refractivity contribution in [1.82, 2.24) is 10.6 Å². The van der Waals surface area contributed by atoms with Crippen LogP contribution in [-0.4, -0.2) is 65.0 Å². The van der Waals surface area contributed by atoms with E-state index in [1.165, 1.54) is 41.7 Å². The molecule has 0 fully saturated rings. The fourth-order valence-electron chi connectivity index (χ4n) is 2.56. The zero-order valence-electron chi connectivity index (χ0n) is 16.5. The molecule has 1 aromatic rings. The average molecular weight is 446 g/mol. The molecule has 0 saturated carbocycles. The number of rotatable bonds is 13. The van der Waals surface area contributed by atoms with Crippen LogP contribution >= 0.6 is 23.5 Å². The standard InChI is InChI=1S/C19H28FN3O4S2/c1-28-8-6-15(18(25)23-16(19(26)27)7-9-29-2)22-17(24)14(21)11-12-4-3-5-13(20)10-12/h3-5,10,14-16H,6-9,11,21H2,1-2H3,(H,22,24)(H,23,25)(H,26,27)/t14-,15+,16+/m1/s1. The molecule has 7 nitrogen and oxygen atoms in total. The van der Waals surface area contributed by atoms with Gasteiger partial charge in [-0.2, -0.15) is 23.5 Å². The summed E-state index contributed by atoms with van der Waals surface area (Å²) in [6.07, 6.45) is 4.45. The Morgan fingerprint density at radius 3 is 2.21 bits per heavy atom. The van der Waals surface area contributed by atoms with E-state index in [1.54, 1.807) is 6.07 Å². The second-order valence-corrected chi connectivity index (χ2v) is 8.44. The highest BCUT2D eigenvalue weighted by Crippen LogP contribution is 2.08. The van der Waals surface area contributed by atoms with Crippen LogP contribution in [0.3, 0.4) is 0 Å². The molecule has 29 heavy (non-hydrogen) atoms. The van der Waals surface area contributed by atoms with Crippen molar-refractivity contribution < 1.29 is 23.9 Å². The van der Waals surface area contributed by atoms with Crippen molar-refractivity contribution in [3.8, 4) is 0 Å². The van der Waals surface area contributed by atoms with Crippen LogP contribution < -0.4 is 16.4 Å². The molecule has 1 rings (SSSR count). The Bertz CT molecular complexity index is 693. The minimum Gasteiger partial charge on any atom is -0.480 e. The molecule has 162 valence electrons. The van der Waals surface area contributed by atoms with Crippen molar-refractivity contribution >= 4 is 41.3 Å². The van der Waals surface area contributed by atoms with E-state index in [2.05, 4.69) is 10.6 Å². The zero-order valence-corrected chi connectivity index (χ0v) is 18.2. The number of nitrogens with two attached hydrogens (primary N) is 1. The van der Waals surface area contributed by atoms with Gasteiger partial charge in [-0.15, -0.1) is 0 Å². The molecule has 0 saturated heterocycles. The van der Waals surface area contributed by atoms with E-state index >= 15 is 0 Å². The van der Waals surface area contributed by atoms with E-state index in [0.717, 1.165) is 0 Å². The van der Waals surface area contributed by atoms with Gasteiger partial charge in [0, 0.05) is 0 Å². The van der Waals surface area contributed by atoms with Crippen molar-refractivity contribution in [3.63, 3.8) is 0 Å². The van der Waals surface area contributed by atoms with Crippen LogP contribution in [0.1, 0.15) is 18.4 Å². The molecule has 0 bridgehead atoms. The highest BCUT2D eigenvalue weighted by molar-refractivity contribution is 7.98. The lowest BCUT2D eigenvalue weighted by Gasteiger charge is -2.22. The second kappa shape index (κ2) is 13.4. The minimum atomic E-state index is -1.12. The number of carbonyl (C=O) groups is 3.